The van der Waals surface area contributed by atoms with Crippen LogP contribution in [-0.2, 0) is 25.7 Å². The van der Waals surface area contributed by atoms with E-state index in [9.17, 15) is 14.4 Å². The van der Waals surface area contributed by atoms with E-state index in [4.69, 9.17) is 4.74 Å². The maximum atomic E-state index is 13.2. The SMILES string of the molecule is CC(=O)N[C@H]1C[C@H]2CN(C(=O)COCc3ccccc3)[C@@H](CC(C)C)C(=O)N2C1. The molecule has 0 aliphatic carbocycles. The predicted octanol–water partition coefficient (Wildman–Crippen LogP) is 1.57. The van der Waals surface area contributed by atoms with Crippen molar-refractivity contribution >= 4 is 17.7 Å². The third-order valence-corrected chi connectivity index (χ3v) is 5.53. The Morgan fingerprint density at radius 1 is 1.21 bits per heavy atom. The number of fused-ring (bicyclic) bond motifs is 1. The Kier molecular flexibility index (Phi) is 6.90. The third kappa shape index (κ3) is 5.35. The molecule has 29 heavy (non-hydrogen) atoms. The van der Waals surface area contributed by atoms with Crippen LogP contribution < -0.4 is 5.32 Å². The van der Waals surface area contributed by atoms with Gasteiger partial charge in [-0.25, -0.2) is 0 Å². The van der Waals surface area contributed by atoms with Crippen LogP contribution in [0.3, 0.4) is 0 Å². The molecule has 2 aliphatic heterocycles. The fourth-order valence-electron chi connectivity index (χ4n) is 4.29. The molecular formula is C22H31N3O4. The molecule has 0 spiro atoms. The second kappa shape index (κ2) is 9.39. The van der Waals surface area contributed by atoms with Crippen LogP contribution in [0, 0.1) is 5.92 Å². The highest BCUT2D eigenvalue weighted by Crippen LogP contribution is 2.29. The average molecular weight is 402 g/mol. The van der Waals surface area contributed by atoms with Crippen LogP contribution in [0.4, 0.5) is 0 Å². The van der Waals surface area contributed by atoms with Crippen molar-refractivity contribution < 1.29 is 19.1 Å². The molecule has 2 saturated heterocycles. The van der Waals surface area contributed by atoms with E-state index < -0.39 is 6.04 Å². The molecule has 2 heterocycles. The number of carbonyl (C=O) groups is 3. The van der Waals surface area contributed by atoms with Crippen LogP contribution >= 0.6 is 0 Å². The predicted molar refractivity (Wildman–Crippen MR) is 109 cm³/mol. The number of ether oxygens (including phenoxy) is 1. The first-order valence-corrected chi connectivity index (χ1v) is 10.3. The Morgan fingerprint density at radius 3 is 2.59 bits per heavy atom. The third-order valence-electron chi connectivity index (χ3n) is 5.53. The minimum atomic E-state index is -0.463. The highest BCUT2D eigenvalue weighted by Gasteiger charge is 2.46. The normalized spacial score (nSPS) is 24.0. The molecule has 158 valence electrons. The minimum absolute atomic E-state index is 0.0146. The van der Waals surface area contributed by atoms with Crippen molar-refractivity contribution in [1.29, 1.82) is 0 Å². The first-order valence-electron chi connectivity index (χ1n) is 10.3. The molecule has 1 N–H and O–H groups in total. The van der Waals surface area contributed by atoms with Gasteiger partial charge in [0.05, 0.1) is 12.6 Å². The Labute approximate surface area is 172 Å². The lowest BCUT2D eigenvalue weighted by Gasteiger charge is -2.43. The van der Waals surface area contributed by atoms with Gasteiger partial charge in [-0.05, 0) is 24.3 Å². The summed E-state index contributed by atoms with van der Waals surface area (Å²) in [6, 6.07) is 9.14. The summed E-state index contributed by atoms with van der Waals surface area (Å²) in [4.78, 5) is 41.1. The number of rotatable bonds is 7. The molecule has 0 aromatic heterocycles. The van der Waals surface area contributed by atoms with Crippen LogP contribution in [0.5, 0.6) is 0 Å². The van der Waals surface area contributed by atoms with Crippen molar-refractivity contribution in [1.82, 2.24) is 15.1 Å². The monoisotopic (exact) mass is 401 g/mol. The maximum absolute atomic E-state index is 13.2. The number of hydrogen-bond acceptors (Lipinski definition) is 4. The van der Waals surface area contributed by atoms with Crippen LogP contribution in [0.25, 0.3) is 0 Å². The maximum Gasteiger partial charge on any atom is 0.249 e. The van der Waals surface area contributed by atoms with Crippen molar-refractivity contribution in [2.45, 2.75) is 58.3 Å². The van der Waals surface area contributed by atoms with Gasteiger partial charge in [-0.15, -0.1) is 0 Å². The van der Waals surface area contributed by atoms with Gasteiger partial charge >= 0.3 is 0 Å². The van der Waals surface area contributed by atoms with E-state index in [2.05, 4.69) is 19.2 Å². The van der Waals surface area contributed by atoms with Gasteiger partial charge in [0.25, 0.3) is 0 Å². The summed E-state index contributed by atoms with van der Waals surface area (Å²) in [7, 11) is 0. The fraction of sp³-hybridized carbons (Fsp3) is 0.591. The van der Waals surface area contributed by atoms with Crippen molar-refractivity contribution in [3.05, 3.63) is 35.9 Å². The van der Waals surface area contributed by atoms with E-state index in [0.717, 1.165) is 5.56 Å². The molecule has 1 aromatic carbocycles. The molecule has 0 radical (unpaired) electrons. The molecule has 2 fully saturated rings. The zero-order valence-corrected chi connectivity index (χ0v) is 17.5. The molecule has 2 aliphatic rings. The van der Waals surface area contributed by atoms with Gasteiger partial charge in [0.15, 0.2) is 0 Å². The number of amides is 3. The molecule has 3 atom stereocenters. The van der Waals surface area contributed by atoms with Crippen molar-refractivity contribution in [3.8, 4) is 0 Å². The highest BCUT2D eigenvalue weighted by molar-refractivity contribution is 5.90. The van der Waals surface area contributed by atoms with E-state index in [1.165, 1.54) is 6.92 Å². The number of hydrogen-bond donors (Lipinski definition) is 1. The number of nitrogens with one attached hydrogen (secondary N) is 1. The number of piperazine rings is 1. The molecule has 7 heteroatoms. The Bertz CT molecular complexity index is 737. The zero-order chi connectivity index (χ0) is 21.0. The van der Waals surface area contributed by atoms with E-state index in [1.807, 2.05) is 35.2 Å². The second-order valence-corrected chi connectivity index (χ2v) is 8.45. The first-order chi connectivity index (χ1) is 13.8. The number of carbonyl (C=O) groups excluding carboxylic acids is 3. The molecular weight excluding hydrogens is 370 g/mol. The van der Waals surface area contributed by atoms with Gasteiger partial charge in [0.2, 0.25) is 17.7 Å². The Hall–Kier alpha value is -2.41. The number of nitrogens with zero attached hydrogens (tertiary/aromatic N) is 2. The summed E-state index contributed by atoms with van der Waals surface area (Å²) in [6.45, 7) is 6.93. The fourth-order valence-corrected chi connectivity index (χ4v) is 4.29. The summed E-state index contributed by atoms with van der Waals surface area (Å²) in [5.41, 5.74) is 1.01. The summed E-state index contributed by atoms with van der Waals surface area (Å²) in [6.07, 6.45) is 1.30. The lowest BCUT2D eigenvalue weighted by Crippen LogP contribution is -2.62. The van der Waals surface area contributed by atoms with Crippen molar-refractivity contribution in [3.63, 3.8) is 0 Å². The molecule has 1 aromatic rings. The zero-order valence-electron chi connectivity index (χ0n) is 17.5. The van der Waals surface area contributed by atoms with E-state index >= 15 is 0 Å². The lowest BCUT2D eigenvalue weighted by molar-refractivity contribution is -0.156. The largest absolute Gasteiger partial charge is 0.367 e. The summed E-state index contributed by atoms with van der Waals surface area (Å²) in [5.74, 6) is 0.0276. The van der Waals surface area contributed by atoms with Gasteiger partial charge in [-0.3, -0.25) is 14.4 Å². The lowest BCUT2D eigenvalue weighted by atomic mass is 9.97. The highest BCUT2D eigenvalue weighted by atomic mass is 16.5. The first kappa shape index (κ1) is 21.3. The van der Waals surface area contributed by atoms with Gasteiger partial charge in [-0.1, -0.05) is 44.2 Å². The van der Waals surface area contributed by atoms with Gasteiger partial charge in [0.1, 0.15) is 12.6 Å². The van der Waals surface area contributed by atoms with Crippen LogP contribution in [0.1, 0.15) is 39.2 Å². The van der Waals surface area contributed by atoms with Gasteiger partial charge in [-0.2, -0.15) is 0 Å². The van der Waals surface area contributed by atoms with Crippen LogP contribution in [0.2, 0.25) is 0 Å². The van der Waals surface area contributed by atoms with Crippen LogP contribution in [-0.4, -0.2) is 65.3 Å². The van der Waals surface area contributed by atoms with Gasteiger partial charge in [0, 0.05) is 26.1 Å². The van der Waals surface area contributed by atoms with E-state index in [-0.39, 0.29) is 42.3 Å². The quantitative estimate of drug-likeness (QED) is 0.752. The Morgan fingerprint density at radius 2 is 1.93 bits per heavy atom. The van der Waals surface area contributed by atoms with E-state index in [0.29, 0.717) is 32.5 Å². The average Bonchev–Trinajstić information content (AvgIpc) is 3.06. The molecule has 0 bridgehead atoms. The van der Waals surface area contributed by atoms with Crippen LogP contribution in [0.15, 0.2) is 30.3 Å². The van der Waals surface area contributed by atoms with Gasteiger partial charge < -0.3 is 19.9 Å². The Balaban J connectivity index is 1.65. The standard InChI is InChI=1S/C22H31N3O4/c1-15(2)9-20-22(28)24-11-18(23-16(3)26)10-19(24)12-25(20)21(27)14-29-13-17-7-5-4-6-8-17/h4-8,15,18-20H,9-14H2,1-3H3,(H,23,26)/t18-,19-,20-/m0/s1. The summed E-state index contributed by atoms with van der Waals surface area (Å²) >= 11 is 0. The smallest absolute Gasteiger partial charge is 0.249 e. The topological polar surface area (TPSA) is 79.0 Å². The summed E-state index contributed by atoms with van der Waals surface area (Å²) < 4.78 is 5.64. The minimum Gasteiger partial charge on any atom is -0.367 e. The molecule has 3 rings (SSSR count). The second-order valence-electron chi connectivity index (χ2n) is 8.45. The van der Waals surface area contributed by atoms with Crippen molar-refractivity contribution in [2.24, 2.45) is 5.92 Å². The molecule has 3 amide bonds. The number of benzene rings is 1. The van der Waals surface area contributed by atoms with E-state index in [1.54, 1.807) is 4.90 Å². The molecule has 0 saturated carbocycles. The summed E-state index contributed by atoms with van der Waals surface area (Å²) in [5, 5.41) is 2.91. The molecule has 7 nitrogen and oxygen atoms in total. The molecule has 0 unspecified atom stereocenters. The van der Waals surface area contributed by atoms with Crippen molar-refractivity contribution in [2.75, 3.05) is 19.7 Å².